The Labute approximate surface area is 96.3 Å². The molecule has 0 radical (unpaired) electrons. The Balaban J connectivity index is 2.84. The molecule has 0 aliphatic carbocycles. The first-order valence-electron chi connectivity index (χ1n) is 5.46. The van der Waals surface area contributed by atoms with Gasteiger partial charge in [-0.05, 0) is 31.9 Å². The van der Waals surface area contributed by atoms with Crippen molar-refractivity contribution in [3.05, 3.63) is 29.6 Å². The quantitative estimate of drug-likeness (QED) is 0.804. The standard InChI is InChI=1S/C12H19N3O/c1-4-12(3,8-13)15-11(16)10-9(2)6-5-7-14-10/h5-7H,4,8,13H2,1-3H3,(H,15,16). The smallest absolute Gasteiger partial charge is 0.270 e. The SMILES string of the molecule is CCC(C)(CN)NC(=O)c1ncccc1C. The van der Waals surface area contributed by atoms with Crippen LogP contribution in [0.1, 0.15) is 36.3 Å². The highest BCUT2D eigenvalue weighted by atomic mass is 16.2. The lowest BCUT2D eigenvalue weighted by atomic mass is 9.99. The lowest BCUT2D eigenvalue weighted by molar-refractivity contribution is 0.0901. The van der Waals surface area contributed by atoms with Gasteiger partial charge in [0.2, 0.25) is 0 Å². The first-order valence-corrected chi connectivity index (χ1v) is 5.46. The number of rotatable bonds is 4. The fraction of sp³-hybridized carbons (Fsp3) is 0.500. The summed E-state index contributed by atoms with van der Waals surface area (Å²) < 4.78 is 0. The van der Waals surface area contributed by atoms with Gasteiger partial charge in [0.15, 0.2) is 0 Å². The minimum absolute atomic E-state index is 0.159. The summed E-state index contributed by atoms with van der Waals surface area (Å²) in [5.41, 5.74) is 6.63. The van der Waals surface area contributed by atoms with Crippen molar-refractivity contribution in [2.45, 2.75) is 32.7 Å². The van der Waals surface area contributed by atoms with Crippen molar-refractivity contribution in [2.75, 3.05) is 6.54 Å². The molecule has 0 spiro atoms. The maximum Gasteiger partial charge on any atom is 0.270 e. The fourth-order valence-electron chi connectivity index (χ4n) is 1.34. The molecule has 1 unspecified atom stereocenters. The number of hydrogen-bond donors (Lipinski definition) is 2. The topological polar surface area (TPSA) is 68.0 Å². The molecule has 0 aromatic carbocycles. The Kier molecular flexibility index (Phi) is 4.01. The van der Waals surface area contributed by atoms with Crippen LogP contribution >= 0.6 is 0 Å². The molecular weight excluding hydrogens is 202 g/mol. The Morgan fingerprint density at radius 3 is 2.81 bits per heavy atom. The summed E-state index contributed by atoms with van der Waals surface area (Å²) in [7, 11) is 0. The van der Waals surface area contributed by atoms with E-state index >= 15 is 0 Å². The third-order valence-corrected chi connectivity index (χ3v) is 2.87. The number of nitrogens with zero attached hydrogens (tertiary/aromatic N) is 1. The number of carbonyl (C=O) groups excluding carboxylic acids is 1. The highest BCUT2D eigenvalue weighted by molar-refractivity contribution is 5.94. The van der Waals surface area contributed by atoms with Crippen LogP contribution in [0.5, 0.6) is 0 Å². The van der Waals surface area contributed by atoms with E-state index in [1.165, 1.54) is 0 Å². The summed E-state index contributed by atoms with van der Waals surface area (Å²) >= 11 is 0. The second-order valence-corrected chi connectivity index (χ2v) is 4.24. The number of nitrogens with two attached hydrogens (primary N) is 1. The van der Waals surface area contributed by atoms with Gasteiger partial charge in [0.25, 0.3) is 5.91 Å². The molecule has 4 heteroatoms. The van der Waals surface area contributed by atoms with E-state index in [0.29, 0.717) is 12.2 Å². The van der Waals surface area contributed by atoms with Gasteiger partial charge in [-0.2, -0.15) is 0 Å². The van der Waals surface area contributed by atoms with Gasteiger partial charge >= 0.3 is 0 Å². The molecule has 1 atom stereocenters. The van der Waals surface area contributed by atoms with Crippen molar-refractivity contribution >= 4 is 5.91 Å². The van der Waals surface area contributed by atoms with Gasteiger partial charge in [0, 0.05) is 18.3 Å². The summed E-state index contributed by atoms with van der Waals surface area (Å²) in [6, 6.07) is 3.68. The van der Waals surface area contributed by atoms with Gasteiger partial charge in [-0.15, -0.1) is 0 Å². The number of hydrogen-bond acceptors (Lipinski definition) is 3. The van der Waals surface area contributed by atoms with Crippen LogP contribution in [0.3, 0.4) is 0 Å². The first kappa shape index (κ1) is 12.6. The first-order chi connectivity index (χ1) is 7.52. The van der Waals surface area contributed by atoms with Crippen molar-refractivity contribution in [1.29, 1.82) is 0 Å². The lowest BCUT2D eigenvalue weighted by Gasteiger charge is -2.27. The predicted molar refractivity (Wildman–Crippen MR) is 64.2 cm³/mol. The van der Waals surface area contributed by atoms with Gasteiger partial charge in [-0.25, -0.2) is 0 Å². The van der Waals surface area contributed by atoms with Gasteiger partial charge in [0.1, 0.15) is 5.69 Å². The molecule has 88 valence electrons. The molecular formula is C12H19N3O. The Hall–Kier alpha value is -1.42. The van der Waals surface area contributed by atoms with E-state index in [4.69, 9.17) is 5.73 Å². The third kappa shape index (κ3) is 2.79. The van der Waals surface area contributed by atoms with Crippen molar-refractivity contribution < 1.29 is 4.79 Å². The molecule has 0 fully saturated rings. The van der Waals surface area contributed by atoms with E-state index in [9.17, 15) is 4.79 Å². The van der Waals surface area contributed by atoms with E-state index in [1.54, 1.807) is 6.20 Å². The Morgan fingerprint density at radius 2 is 2.31 bits per heavy atom. The summed E-state index contributed by atoms with van der Waals surface area (Å²) in [6.07, 6.45) is 2.41. The van der Waals surface area contributed by atoms with Crippen LogP contribution in [-0.2, 0) is 0 Å². The highest BCUT2D eigenvalue weighted by Crippen LogP contribution is 2.10. The molecule has 0 aliphatic heterocycles. The minimum Gasteiger partial charge on any atom is -0.344 e. The summed E-state index contributed by atoms with van der Waals surface area (Å²) in [6.45, 7) is 6.22. The van der Waals surface area contributed by atoms with Crippen LogP contribution in [0.15, 0.2) is 18.3 Å². The number of pyridine rings is 1. The molecule has 3 N–H and O–H groups in total. The van der Waals surface area contributed by atoms with Crippen molar-refractivity contribution in [3.8, 4) is 0 Å². The summed E-state index contributed by atoms with van der Waals surface area (Å²) in [5.74, 6) is -0.159. The zero-order valence-electron chi connectivity index (χ0n) is 10.1. The minimum atomic E-state index is -0.360. The van der Waals surface area contributed by atoms with E-state index in [-0.39, 0.29) is 11.4 Å². The van der Waals surface area contributed by atoms with Crippen LogP contribution in [0.2, 0.25) is 0 Å². The summed E-state index contributed by atoms with van der Waals surface area (Å²) in [4.78, 5) is 16.0. The maximum atomic E-state index is 12.0. The number of aryl methyl sites for hydroxylation is 1. The lowest BCUT2D eigenvalue weighted by Crippen LogP contribution is -2.51. The molecule has 1 aromatic rings. The average molecular weight is 221 g/mol. The Bertz CT molecular complexity index is 372. The molecule has 1 heterocycles. The molecule has 0 saturated heterocycles. The van der Waals surface area contributed by atoms with Crippen LogP contribution in [0, 0.1) is 6.92 Å². The van der Waals surface area contributed by atoms with Crippen LogP contribution in [0.25, 0.3) is 0 Å². The third-order valence-electron chi connectivity index (χ3n) is 2.87. The molecule has 16 heavy (non-hydrogen) atoms. The van der Waals surface area contributed by atoms with Crippen molar-refractivity contribution in [1.82, 2.24) is 10.3 Å². The average Bonchev–Trinajstić information content (AvgIpc) is 2.29. The molecule has 0 bridgehead atoms. The van der Waals surface area contributed by atoms with E-state index < -0.39 is 0 Å². The predicted octanol–water partition coefficient (Wildman–Crippen LogP) is 1.25. The molecule has 4 nitrogen and oxygen atoms in total. The summed E-state index contributed by atoms with van der Waals surface area (Å²) in [5, 5.41) is 2.92. The largest absolute Gasteiger partial charge is 0.344 e. The maximum absolute atomic E-state index is 12.0. The van der Waals surface area contributed by atoms with E-state index in [1.807, 2.05) is 32.9 Å². The van der Waals surface area contributed by atoms with Gasteiger partial charge < -0.3 is 11.1 Å². The second-order valence-electron chi connectivity index (χ2n) is 4.24. The normalized spacial score (nSPS) is 14.2. The fourth-order valence-corrected chi connectivity index (χ4v) is 1.34. The zero-order valence-corrected chi connectivity index (χ0v) is 10.1. The molecule has 0 saturated carbocycles. The molecule has 1 rings (SSSR count). The van der Waals surface area contributed by atoms with E-state index in [0.717, 1.165) is 12.0 Å². The van der Waals surface area contributed by atoms with Gasteiger partial charge in [0.05, 0.1) is 0 Å². The zero-order chi connectivity index (χ0) is 12.2. The molecule has 1 aromatic heterocycles. The van der Waals surface area contributed by atoms with Crippen LogP contribution in [0.4, 0.5) is 0 Å². The van der Waals surface area contributed by atoms with Gasteiger partial charge in [-0.3, -0.25) is 9.78 Å². The van der Waals surface area contributed by atoms with E-state index in [2.05, 4.69) is 10.3 Å². The second kappa shape index (κ2) is 5.07. The number of amides is 1. The molecule has 0 aliphatic rings. The number of aromatic nitrogens is 1. The van der Waals surface area contributed by atoms with Gasteiger partial charge in [-0.1, -0.05) is 13.0 Å². The monoisotopic (exact) mass is 221 g/mol. The van der Waals surface area contributed by atoms with Crippen LogP contribution < -0.4 is 11.1 Å². The van der Waals surface area contributed by atoms with Crippen molar-refractivity contribution in [2.24, 2.45) is 5.73 Å². The number of carbonyl (C=O) groups is 1. The molecule has 1 amide bonds. The Morgan fingerprint density at radius 1 is 1.62 bits per heavy atom. The highest BCUT2D eigenvalue weighted by Gasteiger charge is 2.24. The number of nitrogens with one attached hydrogen (secondary N) is 1. The van der Waals surface area contributed by atoms with Crippen LogP contribution in [-0.4, -0.2) is 23.0 Å². The van der Waals surface area contributed by atoms with Crippen molar-refractivity contribution in [3.63, 3.8) is 0 Å².